The predicted octanol–water partition coefficient (Wildman–Crippen LogP) is 2.19. The second-order valence-electron chi connectivity index (χ2n) is 4.18. The van der Waals surface area contributed by atoms with Crippen molar-refractivity contribution in [1.29, 1.82) is 0 Å². The van der Waals surface area contributed by atoms with Gasteiger partial charge in [-0.2, -0.15) is 9.97 Å². The van der Waals surface area contributed by atoms with E-state index in [2.05, 4.69) is 20.3 Å². The smallest absolute Gasteiger partial charge is 0.224 e. The first-order valence-corrected chi connectivity index (χ1v) is 7.77. The summed E-state index contributed by atoms with van der Waals surface area (Å²) in [7, 11) is 0. The molecule has 2 rings (SSSR count). The lowest BCUT2D eigenvalue weighted by molar-refractivity contribution is 0.296. The van der Waals surface area contributed by atoms with Crippen molar-refractivity contribution in [3.05, 3.63) is 35.1 Å². The molecule has 0 saturated heterocycles. The number of anilines is 2. The Bertz CT molecular complexity index is 599. The molecule has 0 aliphatic carbocycles. The molecule has 0 spiro atoms. The van der Waals surface area contributed by atoms with E-state index < -0.39 is 0 Å². The van der Waals surface area contributed by atoms with Crippen molar-refractivity contribution in [3.8, 4) is 0 Å². The Labute approximate surface area is 132 Å². The van der Waals surface area contributed by atoms with Crippen LogP contribution in [0.1, 0.15) is 12.2 Å². The monoisotopic (exact) mass is 325 g/mol. The maximum absolute atomic E-state index is 8.77. The van der Waals surface area contributed by atoms with Gasteiger partial charge in [0.05, 0.1) is 6.54 Å². The molecule has 0 atom stereocenters. The maximum Gasteiger partial charge on any atom is 0.224 e. The molecule has 0 amide bonds. The van der Waals surface area contributed by atoms with Gasteiger partial charge in [-0.15, -0.1) is 0 Å². The summed E-state index contributed by atoms with van der Waals surface area (Å²) in [6.45, 7) is 0.581. The van der Waals surface area contributed by atoms with Gasteiger partial charge in [0.1, 0.15) is 0 Å². The molecule has 4 N–H and O–H groups in total. The molecule has 1 heterocycles. The van der Waals surface area contributed by atoms with Gasteiger partial charge in [0, 0.05) is 23.1 Å². The number of nitrogens with one attached hydrogen (secondary N) is 1. The number of hydrogen-bond acceptors (Lipinski definition) is 7. The first kappa shape index (κ1) is 15.8. The minimum atomic E-state index is 0.150. The number of rotatable bonds is 7. The summed E-state index contributed by atoms with van der Waals surface area (Å²) < 4.78 is 0. The highest BCUT2D eigenvalue weighted by Crippen LogP contribution is 2.17. The zero-order chi connectivity index (χ0) is 15.1. The van der Waals surface area contributed by atoms with Crippen molar-refractivity contribution in [1.82, 2.24) is 15.0 Å². The summed E-state index contributed by atoms with van der Waals surface area (Å²) in [6.07, 6.45) is 0.687. The van der Waals surface area contributed by atoms with Crippen molar-refractivity contribution >= 4 is 35.0 Å². The van der Waals surface area contributed by atoms with Crippen LogP contribution in [0.25, 0.3) is 0 Å². The van der Waals surface area contributed by atoms with Gasteiger partial charge in [-0.1, -0.05) is 29.4 Å². The number of nitrogens with two attached hydrogens (primary N) is 1. The standard InChI is InChI=1S/C13H16ClN5OS/c14-9-3-1-4-10(7-9)16-8-11-17-12(15)19-13(18-11)21-6-2-5-20/h1,3-4,7,16,20H,2,5-6,8H2,(H2,15,17,18,19). The third-order valence-corrected chi connectivity index (χ3v) is 3.66. The molecule has 0 bridgehead atoms. The molecule has 0 saturated carbocycles. The molecule has 0 radical (unpaired) electrons. The molecule has 21 heavy (non-hydrogen) atoms. The minimum Gasteiger partial charge on any atom is -0.396 e. The van der Waals surface area contributed by atoms with Gasteiger partial charge in [-0.25, -0.2) is 4.98 Å². The second kappa shape index (κ2) is 8.02. The van der Waals surface area contributed by atoms with Gasteiger partial charge in [0.25, 0.3) is 0 Å². The zero-order valence-electron chi connectivity index (χ0n) is 11.3. The lowest BCUT2D eigenvalue weighted by atomic mass is 10.3. The fourth-order valence-electron chi connectivity index (χ4n) is 1.57. The minimum absolute atomic E-state index is 0.150. The third kappa shape index (κ3) is 5.37. The van der Waals surface area contributed by atoms with Crippen molar-refractivity contribution in [2.75, 3.05) is 23.4 Å². The van der Waals surface area contributed by atoms with Crippen LogP contribution in [0.5, 0.6) is 0 Å². The van der Waals surface area contributed by atoms with Gasteiger partial charge < -0.3 is 16.2 Å². The van der Waals surface area contributed by atoms with Crippen LogP contribution in [0.3, 0.4) is 0 Å². The number of hydrogen-bond donors (Lipinski definition) is 3. The maximum atomic E-state index is 8.77. The highest BCUT2D eigenvalue weighted by atomic mass is 35.5. The van der Waals surface area contributed by atoms with Gasteiger partial charge in [-0.3, -0.25) is 0 Å². The van der Waals surface area contributed by atoms with Gasteiger partial charge in [0.15, 0.2) is 11.0 Å². The fourth-order valence-corrected chi connectivity index (χ4v) is 2.54. The molecule has 0 aliphatic rings. The second-order valence-corrected chi connectivity index (χ2v) is 5.68. The first-order chi connectivity index (χ1) is 10.2. The van der Waals surface area contributed by atoms with Crippen molar-refractivity contribution in [2.24, 2.45) is 0 Å². The number of nitrogen functional groups attached to an aromatic ring is 1. The van der Waals surface area contributed by atoms with Crippen LogP contribution < -0.4 is 11.1 Å². The van der Waals surface area contributed by atoms with Crippen LogP contribution >= 0.6 is 23.4 Å². The summed E-state index contributed by atoms with van der Waals surface area (Å²) in [5.41, 5.74) is 6.57. The molecule has 0 fully saturated rings. The number of benzene rings is 1. The highest BCUT2D eigenvalue weighted by molar-refractivity contribution is 7.99. The van der Waals surface area contributed by atoms with Crippen LogP contribution in [0, 0.1) is 0 Å². The highest BCUT2D eigenvalue weighted by Gasteiger charge is 2.05. The van der Waals surface area contributed by atoms with Crippen LogP contribution in [0.15, 0.2) is 29.4 Å². The molecule has 2 aromatic rings. The van der Waals surface area contributed by atoms with Crippen molar-refractivity contribution in [2.45, 2.75) is 18.1 Å². The molecular formula is C13H16ClN5OS. The molecular weight excluding hydrogens is 310 g/mol. The normalized spacial score (nSPS) is 10.6. The van der Waals surface area contributed by atoms with Crippen molar-refractivity contribution < 1.29 is 5.11 Å². The van der Waals surface area contributed by atoms with Gasteiger partial charge in [-0.05, 0) is 24.6 Å². The number of nitrogens with zero attached hydrogens (tertiary/aromatic N) is 3. The summed E-state index contributed by atoms with van der Waals surface area (Å²) in [5.74, 6) is 1.49. The molecule has 8 heteroatoms. The van der Waals surface area contributed by atoms with Crippen LogP contribution in [-0.4, -0.2) is 32.4 Å². The molecule has 112 valence electrons. The van der Waals surface area contributed by atoms with E-state index in [0.29, 0.717) is 29.0 Å². The number of aliphatic hydroxyl groups is 1. The topological polar surface area (TPSA) is 97.0 Å². The average molecular weight is 326 g/mol. The Morgan fingerprint density at radius 2 is 2.14 bits per heavy atom. The van der Waals surface area contributed by atoms with E-state index in [1.807, 2.05) is 24.3 Å². The first-order valence-electron chi connectivity index (χ1n) is 6.41. The van der Waals surface area contributed by atoms with E-state index in [1.165, 1.54) is 11.8 Å². The quantitative estimate of drug-likeness (QED) is 0.530. The Kier molecular flexibility index (Phi) is 6.04. The van der Waals surface area contributed by atoms with E-state index in [1.54, 1.807) is 0 Å². The lowest BCUT2D eigenvalue weighted by Crippen LogP contribution is -2.09. The predicted molar refractivity (Wildman–Crippen MR) is 85.4 cm³/mol. The van der Waals surface area contributed by atoms with Gasteiger partial charge in [0.2, 0.25) is 5.95 Å². The molecule has 0 aliphatic heterocycles. The van der Waals surface area contributed by atoms with Crippen LogP contribution in [0.4, 0.5) is 11.6 Å². The zero-order valence-corrected chi connectivity index (χ0v) is 12.9. The number of aromatic nitrogens is 3. The Morgan fingerprint density at radius 1 is 1.29 bits per heavy atom. The largest absolute Gasteiger partial charge is 0.396 e. The summed E-state index contributed by atoms with van der Waals surface area (Å²) in [5, 5.41) is 13.2. The molecule has 6 nitrogen and oxygen atoms in total. The Morgan fingerprint density at radius 3 is 2.90 bits per heavy atom. The van der Waals surface area contributed by atoms with Crippen molar-refractivity contribution in [3.63, 3.8) is 0 Å². The lowest BCUT2D eigenvalue weighted by Gasteiger charge is -2.07. The van der Waals surface area contributed by atoms with Gasteiger partial charge >= 0.3 is 0 Å². The molecule has 1 aromatic heterocycles. The van der Waals surface area contributed by atoms with E-state index in [-0.39, 0.29) is 12.6 Å². The summed E-state index contributed by atoms with van der Waals surface area (Å²) >= 11 is 7.37. The summed E-state index contributed by atoms with van der Waals surface area (Å²) in [4.78, 5) is 12.5. The Hall–Kier alpha value is -1.57. The van der Waals surface area contributed by atoms with E-state index in [4.69, 9.17) is 22.4 Å². The van der Waals surface area contributed by atoms with E-state index >= 15 is 0 Å². The van der Waals surface area contributed by atoms with Crippen LogP contribution in [-0.2, 0) is 6.54 Å². The number of halogens is 1. The molecule has 1 aromatic carbocycles. The third-order valence-electron chi connectivity index (χ3n) is 2.49. The SMILES string of the molecule is Nc1nc(CNc2cccc(Cl)c2)nc(SCCCO)n1. The van der Waals surface area contributed by atoms with E-state index in [9.17, 15) is 0 Å². The van der Waals surface area contributed by atoms with E-state index in [0.717, 1.165) is 11.4 Å². The van der Waals surface area contributed by atoms with Crippen LogP contribution in [0.2, 0.25) is 5.02 Å². The average Bonchev–Trinajstić information content (AvgIpc) is 2.45. The fraction of sp³-hybridized carbons (Fsp3) is 0.308. The number of aliphatic hydroxyl groups excluding tert-OH is 1. The Balaban J connectivity index is 1.99. The molecule has 0 unspecified atom stereocenters. The number of thioether (sulfide) groups is 1. The summed E-state index contributed by atoms with van der Waals surface area (Å²) in [6, 6.07) is 7.41.